The Bertz CT molecular complexity index is 357. The molecule has 1 aliphatic carbocycles. The lowest BCUT2D eigenvalue weighted by molar-refractivity contribution is -0.139. The number of benzene rings is 1. The van der Waals surface area contributed by atoms with Crippen molar-refractivity contribution in [1.29, 1.82) is 0 Å². The van der Waals surface area contributed by atoms with Gasteiger partial charge < -0.3 is 10.2 Å². The maximum absolute atomic E-state index is 11.0. The molecule has 0 saturated heterocycles. The third kappa shape index (κ3) is 2.47. The molecule has 1 aromatic carbocycles. The van der Waals surface area contributed by atoms with Crippen molar-refractivity contribution < 1.29 is 15.0 Å². The van der Waals surface area contributed by atoms with Gasteiger partial charge in [0.15, 0.2) is 0 Å². The zero-order valence-corrected chi connectivity index (χ0v) is 8.18. The number of hydrogen-bond acceptors (Lipinski definition) is 3. The Balaban J connectivity index is 2.15. The van der Waals surface area contributed by atoms with Crippen LogP contribution >= 0.6 is 0 Å². The molecule has 4 nitrogen and oxygen atoms in total. The highest BCUT2D eigenvalue weighted by molar-refractivity contribution is 5.75. The van der Waals surface area contributed by atoms with E-state index in [-0.39, 0.29) is 5.75 Å². The topological polar surface area (TPSA) is 69.6 Å². The van der Waals surface area contributed by atoms with Crippen molar-refractivity contribution in [3.05, 3.63) is 29.8 Å². The van der Waals surface area contributed by atoms with Gasteiger partial charge in [0.25, 0.3) is 0 Å². The standard InChI is InChI=1S/C11H13NO3/c13-9-5-1-7(2-6-9)10(11(14)15)12-8-3-4-8/h1-2,5-6,8,10,12-13H,3-4H2,(H,14,15). The number of phenolic OH excluding ortho intramolecular Hbond substituents is 1. The van der Waals surface area contributed by atoms with Crippen LogP contribution in [0.15, 0.2) is 24.3 Å². The van der Waals surface area contributed by atoms with Crippen LogP contribution in [-0.4, -0.2) is 22.2 Å². The first-order valence-electron chi connectivity index (χ1n) is 4.94. The molecule has 0 aliphatic heterocycles. The number of nitrogens with one attached hydrogen (secondary N) is 1. The Morgan fingerprint density at radius 1 is 1.33 bits per heavy atom. The minimum absolute atomic E-state index is 0.148. The van der Waals surface area contributed by atoms with Crippen molar-refractivity contribution in [1.82, 2.24) is 5.32 Å². The number of carboxylic acid groups (broad SMARTS) is 1. The third-order valence-electron chi connectivity index (χ3n) is 2.45. The zero-order chi connectivity index (χ0) is 10.8. The van der Waals surface area contributed by atoms with Gasteiger partial charge in [-0.1, -0.05) is 12.1 Å². The first kappa shape index (κ1) is 9.98. The molecule has 1 aliphatic rings. The molecule has 80 valence electrons. The molecule has 1 atom stereocenters. The fourth-order valence-corrected chi connectivity index (χ4v) is 1.46. The summed E-state index contributed by atoms with van der Waals surface area (Å²) >= 11 is 0. The molecular weight excluding hydrogens is 194 g/mol. The van der Waals surface area contributed by atoms with Gasteiger partial charge in [0.2, 0.25) is 0 Å². The van der Waals surface area contributed by atoms with Gasteiger partial charge in [0.05, 0.1) is 0 Å². The Morgan fingerprint density at radius 3 is 2.40 bits per heavy atom. The van der Waals surface area contributed by atoms with E-state index in [0.717, 1.165) is 12.8 Å². The molecule has 2 rings (SSSR count). The molecule has 15 heavy (non-hydrogen) atoms. The van der Waals surface area contributed by atoms with Gasteiger partial charge in [-0.05, 0) is 30.5 Å². The van der Waals surface area contributed by atoms with Crippen molar-refractivity contribution in [3.63, 3.8) is 0 Å². The summed E-state index contributed by atoms with van der Waals surface area (Å²) in [5.74, 6) is -0.734. The Labute approximate surface area is 87.6 Å². The van der Waals surface area contributed by atoms with Crippen LogP contribution < -0.4 is 5.32 Å². The fourth-order valence-electron chi connectivity index (χ4n) is 1.46. The molecule has 0 aromatic heterocycles. The molecule has 0 heterocycles. The summed E-state index contributed by atoms with van der Waals surface area (Å²) < 4.78 is 0. The van der Waals surface area contributed by atoms with Crippen LogP contribution in [0, 0.1) is 0 Å². The monoisotopic (exact) mass is 207 g/mol. The second kappa shape index (κ2) is 3.90. The van der Waals surface area contributed by atoms with E-state index in [4.69, 9.17) is 10.2 Å². The van der Waals surface area contributed by atoms with E-state index in [9.17, 15) is 4.79 Å². The predicted molar refractivity (Wildman–Crippen MR) is 54.6 cm³/mol. The van der Waals surface area contributed by atoms with Gasteiger partial charge in [0.1, 0.15) is 11.8 Å². The maximum Gasteiger partial charge on any atom is 0.325 e. The third-order valence-corrected chi connectivity index (χ3v) is 2.45. The minimum Gasteiger partial charge on any atom is -0.508 e. The van der Waals surface area contributed by atoms with Gasteiger partial charge >= 0.3 is 5.97 Å². The Hall–Kier alpha value is -1.55. The van der Waals surface area contributed by atoms with Gasteiger partial charge in [-0.15, -0.1) is 0 Å². The normalized spacial score (nSPS) is 17.3. The molecule has 0 spiro atoms. The number of rotatable bonds is 4. The largest absolute Gasteiger partial charge is 0.508 e. The van der Waals surface area contributed by atoms with Gasteiger partial charge in [-0.2, -0.15) is 0 Å². The second-order valence-electron chi connectivity index (χ2n) is 3.80. The molecule has 3 N–H and O–H groups in total. The smallest absolute Gasteiger partial charge is 0.325 e. The number of aliphatic carboxylic acids is 1. The van der Waals surface area contributed by atoms with Crippen molar-refractivity contribution in [3.8, 4) is 5.75 Å². The summed E-state index contributed by atoms with van der Waals surface area (Å²) in [4.78, 5) is 11.0. The van der Waals surface area contributed by atoms with Crippen LogP contribution in [0.2, 0.25) is 0 Å². The lowest BCUT2D eigenvalue weighted by Crippen LogP contribution is -2.30. The average Bonchev–Trinajstić information content (AvgIpc) is 2.99. The van der Waals surface area contributed by atoms with E-state index in [2.05, 4.69) is 5.32 Å². The molecular formula is C11H13NO3. The average molecular weight is 207 g/mol. The molecule has 4 heteroatoms. The molecule has 1 saturated carbocycles. The lowest BCUT2D eigenvalue weighted by Gasteiger charge is -2.14. The summed E-state index contributed by atoms with van der Waals surface area (Å²) in [7, 11) is 0. The van der Waals surface area contributed by atoms with Crippen LogP contribution in [0.1, 0.15) is 24.4 Å². The Morgan fingerprint density at radius 2 is 1.93 bits per heavy atom. The minimum atomic E-state index is -0.882. The van der Waals surface area contributed by atoms with Crippen LogP contribution in [0.25, 0.3) is 0 Å². The number of aromatic hydroxyl groups is 1. The van der Waals surface area contributed by atoms with Gasteiger partial charge in [0, 0.05) is 6.04 Å². The van der Waals surface area contributed by atoms with Gasteiger partial charge in [-0.25, -0.2) is 0 Å². The molecule has 1 fully saturated rings. The van der Waals surface area contributed by atoms with Gasteiger partial charge in [-0.3, -0.25) is 10.1 Å². The van der Waals surface area contributed by atoms with E-state index in [1.165, 1.54) is 12.1 Å². The maximum atomic E-state index is 11.0. The predicted octanol–water partition coefficient (Wildman–Crippen LogP) is 1.27. The number of carbonyl (C=O) groups is 1. The van der Waals surface area contributed by atoms with Crippen molar-refractivity contribution >= 4 is 5.97 Å². The van der Waals surface area contributed by atoms with Crippen LogP contribution in [0.3, 0.4) is 0 Å². The van der Waals surface area contributed by atoms with Crippen LogP contribution in [0.4, 0.5) is 0 Å². The van der Waals surface area contributed by atoms with E-state index >= 15 is 0 Å². The number of phenols is 1. The summed E-state index contributed by atoms with van der Waals surface area (Å²) in [6.45, 7) is 0. The lowest BCUT2D eigenvalue weighted by atomic mass is 10.1. The Kier molecular flexibility index (Phi) is 2.60. The highest BCUT2D eigenvalue weighted by atomic mass is 16.4. The molecule has 1 unspecified atom stereocenters. The van der Waals surface area contributed by atoms with E-state index in [1.807, 2.05) is 0 Å². The second-order valence-corrected chi connectivity index (χ2v) is 3.80. The first-order valence-corrected chi connectivity index (χ1v) is 4.94. The molecule has 0 radical (unpaired) electrons. The number of hydrogen-bond donors (Lipinski definition) is 3. The summed E-state index contributed by atoms with van der Waals surface area (Å²) in [6.07, 6.45) is 2.09. The van der Waals surface area contributed by atoms with Crippen molar-refractivity contribution in [2.45, 2.75) is 24.9 Å². The van der Waals surface area contributed by atoms with E-state index < -0.39 is 12.0 Å². The molecule has 0 bridgehead atoms. The van der Waals surface area contributed by atoms with E-state index in [1.54, 1.807) is 12.1 Å². The number of carboxylic acids is 1. The highest BCUT2D eigenvalue weighted by Gasteiger charge is 2.29. The van der Waals surface area contributed by atoms with Crippen LogP contribution in [0.5, 0.6) is 5.75 Å². The highest BCUT2D eigenvalue weighted by Crippen LogP contribution is 2.25. The van der Waals surface area contributed by atoms with Crippen molar-refractivity contribution in [2.24, 2.45) is 0 Å². The first-order chi connectivity index (χ1) is 7.16. The van der Waals surface area contributed by atoms with E-state index in [0.29, 0.717) is 11.6 Å². The van der Waals surface area contributed by atoms with Crippen LogP contribution in [-0.2, 0) is 4.79 Å². The molecule has 1 aromatic rings. The SMILES string of the molecule is O=C(O)C(NC1CC1)c1ccc(O)cc1. The van der Waals surface area contributed by atoms with Crippen molar-refractivity contribution in [2.75, 3.05) is 0 Å². The molecule has 0 amide bonds. The summed E-state index contributed by atoms with van der Waals surface area (Å²) in [6, 6.07) is 5.92. The summed E-state index contributed by atoms with van der Waals surface area (Å²) in [5.41, 5.74) is 0.673. The quantitative estimate of drug-likeness (QED) is 0.695. The summed E-state index contributed by atoms with van der Waals surface area (Å²) in [5, 5.41) is 21.2. The fraction of sp³-hybridized carbons (Fsp3) is 0.364. The zero-order valence-electron chi connectivity index (χ0n) is 8.18.